The summed E-state index contributed by atoms with van der Waals surface area (Å²) in [4.78, 5) is 15.6. The van der Waals surface area contributed by atoms with Gasteiger partial charge < -0.3 is 21.3 Å². The smallest absolute Gasteiger partial charge is 0.318 e. The van der Waals surface area contributed by atoms with Crippen LogP contribution in [0.3, 0.4) is 0 Å². The van der Waals surface area contributed by atoms with E-state index in [-0.39, 0.29) is 12.1 Å². The van der Waals surface area contributed by atoms with Gasteiger partial charge in [-0.25, -0.2) is 4.79 Å². The van der Waals surface area contributed by atoms with E-state index in [9.17, 15) is 4.79 Å². The average molecular weight is 285 g/mol. The zero-order valence-corrected chi connectivity index (χ0v) is 11.9. The van der Waals surface area contributed by atoms with E-state index < -0.39 is 0 Å². The van der Waals surface area contributed by atoms with Crippen LogP contribution in [0, 0.1) is 0 Å². The molecule has 2 aliphatic heterocycles. The van der Waals surface area contributed by atoms with E-state index in [1.165, 1.54) is 5.57 Å². The van der Waals surface area contributed by atoms with Crippen molar-refractivity contribution in [2.24, 2.45) is 4.99 Å². The molecule has 0 radical (unpaired) electrons. The normalized spacial score (nSPS) is 21.4. The van der Waals surface area contributed by atoms with Crippen molar-refractivity contribution in [2.45, 2.75) is 12.5 Å². The maximum absolute atomic E-state index is 11.4. The second kappa shape index (κ2) is 5.87. The molecule has 6 nitrogen and oxygen atoms in total. The summed E-state index contributed by atoms with van der Waals surface area (Å²) in [5.74, 6) is 0. The Balaban J connectivity index is 1.87. The molecule has 0 aliphatic carbocycles. The van der Waals surface area contributed by atoms with Crippen LogP contribution in [0.2, 0.25) is 0 Å². The quantitative estimate of drug-likeness (QED) is 0.667. The zero-order valence-electron chi connectivity index (χ0n) is 11.9. The van der Waals surface area contributed by atoms with Crippen LogP contribution in [0.25, 0.3) is 5.57 Å². The second-order valence-corrected chi connectivity index (χ2v) is 5.10. The average Bonchev–Trinajstić information content (AvgIpc) is 3.01. The number of hydrogen-bond donors (Lipinski definition) is 4. The van der Waals surface area contributed by atoms with Crippen LogP contribution in [-0.4, -0.2) is 38.5 Å². The lowest BCUT2D eigenvalue weighted by atomic mass is 9.95. The van der Waals surface area contributed by atoms with Gasteiger partial charge in [0.05, 0.1) is 18.9 Å². The van der Waals surface area contributed by atoms with Gasteiger partial charge in [-0.3, -0.25) is 4.99 Å². The lowest BCUT2D eigenvalue weighted by molar-refractivity contribution is 0.254. The molecule has 0 fully saturated rings. The number of urea groups is 1. The molecule has 4 N–H and O–H groups in total. The molecule has 110 valence electrons. The van der Waals surface area contributed by atoms with Gasteiger partial charge in [0.15, 0.2) is 0 Å². The number of nitrogens with zero attached hydrogens (tertiary/aromatic N) is 1. The van der Waals surface area contributed by atoms with Crippen LogP contribution in [-0.2, 0) is 0 Å². The molecule has 0 aromatic heterocycles. The van der Waals surface area contributed by atoms with E-state index in [1.54, 1.807) is 13.4 Å². The number of nitrogens with one attached hydrogen (secondary N) is 4. The Morgan fingerprint density at radius 1 is 1.48 bits per heavy atom. The Morgan fingerprint density at radius 3 is 3.14 bits per heavy atom. The van der Waals surface area contributed by atoms with Crippen LogP contribution in [0.1, 0.15) is 12.0 Å². The van der Waals surface area contributed by atoms with E-state index in [0.29, 0.717) is 0 Å². The summed E-state index contributed by atoms with van der Waals surface area (Å²) in [5, 5.41) is 12.0. The Morgan fingerprint density at radius 2 is 2.38 bits per heavy atom. The summed E-state index contributed by atoms with van der Waals surface area (Å²) in [6.45, 7) is 1.71. The molecule has 0 saturated heterocycles. The molecule has 2 heterocycles. The fourth-order valence-corrected chi connectivity index (χ4v) is 2.59. The number of anilines is 2. The molecule has 2 aliphatic rings. The lowest BCUT2D eigenvalue weighted by Crippen LogP contribution is -2.25. The number of fused-ring (bicyclic) bond motifs is 1. The van der Waals surface area contributed by atoms with Crippen LogP contribution >= 0.6 is 0 Å². The van der Waals surface area contributed by atoms with Crippen LogP contribution < -0.4 is 21.3 Å². The third kappa shape index (κ3) is 2.99. The number of carbonyl (C=O) groups excluding carboxylic acids is 1. The first-order chi connectivity index (χ1) is 10.3. The van der Waals surface area contributed by atoms with Crippen LogP contribution in [0.15, 0.2) is 29.3 Å². The lowest BCUT2D eigenvalue weighted by Gasteiger charge is -2.23. The summed E-state index contributed by atoms with van der Waals surface area (Å²) < 4.78 is 0. The van der Waals surface area contributed by atoms with E-state index >= 15 is 0 Å². The van der Waals surface area contributed by atoms with E-state index in [1.807, 2.05) is 18.2 Å². The van der Waals surface area contributed by atoms with Gasteiger partial charge >= 0.3 is 6.03 Å². The van der Waals surface area contributed by atoms with Crippen molar-refractivity contribution in [2.75, 3.05) is 30.8 Å². The van der Waals surface area contributed by atoms with E-state index in [0.717, 1.165) is 36.4 Å². The van der Waals surface area contributed by atoms with Gasteiger partial charge in [-0.1, -0.05) is 6.08 Å². The summed E-state index contributed by atoms with van der Waals surface area (Å²) >= 11 is 0. The molecule has 0 bridgehead atoms. The monoisotopic (exact) mass is 285 g/mol. The maximum Gasteiger partial charge on any atom is 0.318 e. The zero-order chi connectivity index (χ0) is 14.7. The van der Waals surface area contributed by atoms with Gasteiger partial charge in [0.25, 0.3) is 0 Å². The summed E-state index contributed by atoms with van der Waals surface area (Å²) in [6, 6.07) is 5.97. The predicted octanol–water partition coefficient (Wildman–Crippen LogP) is 1.64. The molecular formula is C15H19N5O. The first-order valence-corrected chi connectivity index (χ1v) is 7.08. The number of amides is 2. The molecule has 2 amide bonds. The van der Waals surface area contributed by atoms with Gasteiger partial charge in [-0.2, -0.15) is 0 Å². The largest absolute Gasteiger partial charge is 0.384 e. The third-order valence-electron chi connectivity index (χ3n) is 3.64. The molecule has 21 heavy (non-hydrogen) atoms. The first kappa shape index (κ1) is 13.5. The molecule has 1 atom stereocenters. The fourth-order valence-electron chi connectivity index (χ4n) is 2.59. The molecule has 6 heteroatoms. The minimum atomic E-state index is -0.213. The highest BCUT2D eigenvalue weighted by atomic mass is 16.2. The second-order valence-electron chi connectivity index (χ2n) is 5.10. The van der Waals surface area contributed by atoms with Gasteiger partial charge in [-0.15, -0.1) is 0 Å². The Hall–Kier alpha value is -2.50. The van der Waals surface area contributed by atoms with Crippen molar-refractivity contribution in [1.29, 1.82) is 0 Å². The fraction of sp³-hybridized carbons (Fsp3) is 0.333. The summed E-state index contributed by atoms with van der Waals surface area (Å²) in [6.07, 6.45) is 4.96. The summed E-state index contributed by atoms with van der Waals surface area (Å²) in [7, 11) is 1.60. The van der Waals surface area contributed by atoms with Crippen molar-refractivity contribution < 1.29 is 4.79 Å². The molecule has 1 unspecified atom stereocenters. The molecule has 0 spiro atoms. The highest BCUT2D eigenvalue weighted by molar-refractivity contribution is 5.91. The van der Waals surface area contributed by atoms with E-state index in [4.69, 9.17) is 0 Å². The minimum absolute atomic E-state index is 0.213. The Bertz CT molecular complexity index is 600. The number of aliphatic imine (C=N–C) groups is 1. The van der Waals surface area contributed by atoms with Gasteiger partial charge in [0, 0.05) is 30.5 Å². The molecular weight excluding hydrogens is 266 g/mol. The number of carbonyl (C=O) groups is 1. The first-order valence-electron chi connectivity index (χ1n) is 7.08. The minimum Gasteiger partial charge on any atom is -0.384 e. The number of hydrogen-bond acceptors (Lipinski definition) is 4. The van der Waals surface area contributed by atoms with Crippen molar-refractivity contribution in [3.05, 3.63) is 29.8 Å². The van der Waals surface area contributed by atoms with Crippen molar-refractivity contribution in [3.63, 3.8) is 0 Å². The third-order valence-corrected chi connectivity index (χ3v) is 3.64. The standard InChI is InChI=1S/C15H19N5O/c1-16-15(21)20-11-2-3-14-13(7-11)10(4-5-18-14)6-12-8-17-9-19-12/h2-3,6-7,9,12,18H,4-5,8H2,1H3,(H,17,19)(H2,16,20,21)/b10-6+. The van der Waals surface area contributed by atoms with Crippen LogP contribution in [0.5, 0.6) is 0 Å². The summed E-state index contributed by atoms with van der Waals surface area (Å²) in [5.41, 5.74) is 4.32. The number of benzene rings is 1. The van der Waals surface area contributed by atoms with Crippen molar-refractivity contribution >= 4 is 29.3 Å². The van der Waals surface area contributed by atoms with Crippen molar-refractivity contribution in [3.8, 4) is 0 Å². The highest BCUT2D eigenvalue weighted by Crippen LogP contribution is 2.33. The molecule has 1 aromatic carbocycles. The Labute approximate surface area is 123 Å². The van der Waals surface area contributed by atoms with Gasteiger partial charge in [0.1, 0.15) is 0 Å². The molecule has 1 aromatic rings. The van der Waals surface area contributed by atoms with Crippen LogP contribution in [0.4, 0.5) is 16.2 Å². The highest BCUT2D eigenvalue weighted by Gasteiger charge is 2.17. The Kier molecular flexibility index (Phi) is 3.77. The maximum atomic E-state index is 11.4. The molecule has 0 saturated carbocycles. The van der Waals surface area contributed by atoms with Crippen molar-refractivity contribution in [1.82, 2.24) is 10.6 Å². The predicted molar refractivity (Wildman–Crippen MR) is 85.9 cm³/mol. The number of rotatable bonds is 2. The topological polar surface area (TPSA) is 77.5 Å². The molecule has 3 rings (SSSR count). The van der Waals surface area contributed by atoms with Gasteiger partial charge in [-0.05, 0) is 30.2 Å². The SMILES string of the molecule is CNC(=O)Nc1ccc2c(c1)/C(=C/C1CN=CN1)CCN2. The van der Waals surface area contributed by atoms with Gasteiger partial charge in [0.2, 0.25) is 0 Å². The van der Waals surface area contributed by atoms with E-state index in [2.05, 4.69) is 32.3 Å².